The monoisotopic (exact) mass is 1660 g/mol. The second-order valence-electron chi connectivity index (χ2n) is 27.4. The molecule has 0 fully saturated rings. The van der Waals surface area contributed by atoms with Crippen LogP contribution in [0.2, 0.25) is 0 Å². The molecule has 13 amide bonds. The minimum Gasteiger partial charge on any atom is -0.508 e. The van der Waals surface area contributed by atoms with E-state index >= 15 is 9.59 Å². The van der Waals surface area contributed by atoms with Gasteiger partial charge in [-0.05, 0) is 79.1 Å². The average Bonchev–Trinajstić information content (AvgIpc) is 1.72. The van der Waals surface area contributed by atoms with Gasteiger partial charge in [-0.15, -0.1) is 0 Å². The fourth-order valence-electron chi connectivity index (χ4n) is 12.3. The number of hydrogen-bond acceptors (Lipinski definition) is 21. The van der Waals surface area contributed by atoms with Gasteiger partial charge in [0, 0.05) is 116 Å². The number of imidazole rings is 1. The summed E-state index contributed by atoms with van der Waals surface area (Å²) in [5.74, 6) is -17.2. The lowest BCUT2D eigenvalue weighted by molar-refractivity contribution is -0.139. The van der Waals surface area contributed by atoms with Crippen LogP contribution in [0.4, 0.5) is 0 Å². The number of para-hydroxylation sites is 2. The molecule has 0 aliphatic rings. The standard InChI is InChI=1S/C76H96N20O19S2/c1-39(97)64(96-68(108)51(17-10-26-81-76(78)79)87-73(113)59(36-116)86-40(2)98)75(115)94-57(30-44-33-83-50-16-9-7-14-48(44)50)70(110)88-53(23-25-63(103)104)67(107)95-60(37-117)74(114)91-55(28-42-18-20-46(99)21-19-42)69(109)92-56(29-43-32-82-49-15-8-6-13-47(43)49)71(111)93-58(31-45-34-80-38-85-45)72(112)89-52(22-24-62(101)102)66(106)90-54(65(105)84-35-61(77)100)27-41-11-4-3-5-12-41/h3-9,11-16,18-21,32-34,38-39,51-60,64,82-83,97,99,116-117H,10,17,22-31,35-37H2,1-2H3,(H2,77,100)(H,80,85)(H,84,105)(H,86,98)(H,87,113)(H,88,110)(H,89,112)(H,90,106)(H,91,114)(H,92,109)(H,93,111)(H,94,115)(H,95,107)(H,96,108)(H,101,102)(H,103,104)(H4,78,79,81)/t39-,51+,52+,53+,54+,55+,56+,57+,58+,59+,60+,64+/m1/s1. The van der Waals surface area contributed by atoms with Crippen molar-refractivity contribution in [1.29, 1.82) is 5.41 Å². The molecular weight excluding hydrogens is 1560 g/mol. The van der Waals surface area contributed by atoms with E-state index in [0.29, 0.717) is 44.1 Å². The highest BCUT2D eigenvalue weighted by molar-refractivity contribution is 7.80. The summed E-state index contributed by atoms with van der Waals surface area (Å²) in [7, 11) is 0. The molecule has 0 saturated carbocycles. The zero-order chi connectivity index (χ0) is 85.4. The highest BCUT2D eigenvalue weighted by Crippen LogP contribution is 2.23. The van der Waals surface area contributed by atoms with Crippen molar-refractivity contribution in [2.45, 2.75) is 157 Å². The number of rotatable bonds is 47. The number of carbonyl (C=O) groups is 15. The van der Waals surface area contributed by atoms with Crippen molar-refractivity contribution in [3.8, 4) is 5.75 Å². The molecule has 25 N–H and O–H groups in total. The number of aromatic hydroxyl groups is 1. The van der Waals surface area contributed by atoms with Gasteiger partial charge >= 0.3 is 11.9 Å². The number of aliphatic hydroxyl groups excluding tert-OH is 1. The lowest BCUT2D eigenvalue weighted by Crippen LogP contribution is -2.62. The molecule has 12 atom stereocenters. The molecular formula is C76H96N20O19S2. The third-order valence-corrected chi connectivity index (χ3v) is 19.1. The van der Waals surface area contributed by atoms with Crippen LogP contribution < -0.4 is 80.6 Å². The zero-order valence-electron chi connectivity index (χ0n) is 63.6. The first kappa shape index (κ1) is 91.1. The van der Waals surface area contributed by atoms with Crippen molar-refractivity contribution in [3.05, 3.63) is 156 Å². The number of phenolic OH excluding ortho intramolecular Hbond substituents is 1. The number of benzene rings is 4. The summed E-state index contributed by atoms with van der Waals surface area (Å²) < 4.78 is 0. The van der Waals surface area contributed by atoms with Gasteiger partial charge in [-0.2, -0.15) is 25.3 Å². The maximum absolute atomic E-state index is 15.3. The number of aliphatic hydroxyl groups is 1. The van der Waals surface area contributed by atoms with Crippen molar-refractivity contribution < 1.29 is 92.3 Å². The first-order chi connectivity index (χ1) is 55.8. The van der Waals surface area contributed by atoms with Gasteiger partial charge in [-0.1, -0.05) is 78.9 Å². The third-order valence-electron chi connectivity index (χ3n) is 18.4. The number of H-pyrrole nitrogens is 3. The number of nitrogens with two attached hydrogens (primary N) is 2. The minimum atomic E-state index is -1.89. The summed E-state index contributed by atoms with van der Waals surface area (Å²) in [6.45, 7) is 1.73. The molecule has 7 aromatic rings. The van der Waals surface area contributed by atoms with E-state index in [0.717, 1.165) is 13.8 Å². The number of carboxylic acid groups (broad SMARTS) is 2. The Balaban J connectivity index is 1.16. The molecule has 0 radical (unpaired) electrons. The van der Waals surface area contributed by atoms with Crippen molar-refractivity contribution >= 4 is 142 Å². The van der Waals surface area contributed by atoms with Crippen LogP contribution in [-0.4, -0.2) is 232 Å². The highest BCUT2D eigenvalue weighted by atomic mass is 32.1. The number of fused-ring (bicyclic) bond motifs is 2. The molecule has 626 valence electrons. The number of aromatic nitrogens is 4. The van der Waals surface area contributed by atoms with Crippen LogP contribution in [0.1, 0.15) is 80.3 Å². The second-order valence-corrected chi connectivity index (χ2v) is 28.1. The number of aliphatic carboxylic acids is 2. The number of hydrogen-bond donors (Lipinski definition) is 25. The maximum atomic E-state index is 15.3. The van der Waals surface area contributed by atoms with Gasteiger partial charge in [0.1, 0.15) is 72.2 Å². The second kappa shape index (κ2) is 45.1. The summed E-state index contributed by atoms with van der Waals surface area (Å²) >= 11 is 8.50. The van der Waals surface area contributed by atoms with Crippen molar-refractivity contribution in [1.82, 2.24) is 89.1 Å². The summed E-state index contributed by atoms with van der Waals surface area (Å²) in [4.78, 5) is 221. The van der Waals surface area contributed by atoms with Gasteiger partial charge in [0.15, 0.2) is 5.96 Å². The van der Waals surface area contributed by atoms with Gasteiger partial charge in [-0.3, -0.25) is 77.3 Å². The van der Waals surface area contributed by atoms with E-state index in [1.54, 1.807) is 85.1 Å². The summed E-state index contributed by atoms with van der Waals surface area (Å²) in [6, 6.07) is 9.40. The number of amides is 13. The van der Waals surface area contributed by atoms with Crippen molar-refractivity contribution in [2.24, 2.45) is 11.5 Å². The molecule has 3 heterocycles. The first-order valence-corrected chi connectivity index (χ1v) is 38.2. The predicted octanol–water partition coefficient (Wildman–Crippen LogP) is -3.22. The Morgan fingerprint density at radius 1 is 0.453 bits per heavy atom. The van der Waals surface area contributed by atoms with E-state index in [9.17, 15) is 82.8 Å². The van der Waals surface area contributed by atoms with Gasteiger partial charge < -0.3 is 116 Å². The molecule has 3 aromatic heterocycles. The molecule has 0 unspecified atom stereocenters. The van der Waals surface area contributed by atoms with E-state index in [-0.39, 0.29) is 62.3 Å². The Labute approximate surface area is 680 Å². The van der Waals surface area contributed by atoms with E-state index in [4.69, 9.17) is 16.9 Å². The van der Waals surface area contributed by atoms with E-state index < -0.39 is 212 Å². The number of carboxylic acids is 2. The van der Waals surface area contributed by atoms with Gasteiger partial charge in [-0.25, -0.2) is 4.98 Å². The van der Waals surface area contributed by atoms with Gasteiger partial charge in [0.25, 0.3) is 0 Å². The van der Waals surface area contributed by atoms with Gasteiger partial charge in [0.2, 0.25) is 76.8 Å². The maximum Gasteiger partial charge on any atom is 0.303 e. The number of guanidine groups is 1. The molecule has 39 nitrogen and oxygen atoms in total. The molecule has 41 heteroatoms. The van der Waals surface area contributed by atoms with Gasteiger partial charge in [0.05, 0.1) is 19.0 Å². The van der Waals surface area contributed by atoms with Crippen LogP contribution in [0.3, 0.4) is 0 Å². The molecule has 117 heavy (non-hydrogen) atoms. The van der Waals surface area contributed by atoms with E-state index in [2.05, 4.69) is 114 Å². The van der Waals surface area contributed by atoms with Crippen LogP contribution in [0.15, 0.2) is 128 Å². The molecule has 0 aliphatic heterocycles. The fraction of sp³-hybridized carbons (Fsp3) is 0.382. The van der Waals surface area contributed by atoms with Crippen LogP contribution in [-0.2, 0) is 104 Å². The van der Waals surface area contributed by atoms with Crippen molar-refractivity contribution in [2.75, 3.05) is 24.6 Å². The minimum absolute atomic E-state index is 0.0459. The predicted molar refractivity (Wildman–Crippen MR) is 430 cm³/mol. The van der Waals surface area contributed by atoms with Crippen LogP contribution >= 0.6 is 25.3 Å². The Bertz CT molecular complexity index is 4660. The number of primary amides is 1. The van der Waals surface area contributed by atoms with Crippen LogP contribution in [0.25, 0.3) is 21.8 Å². The lowest BCUT2D eigenvalue weighted by Gasteiger charge is -2.29. The molecule has 7 rings (SSSR count). The highest BCUT2D eigenvalue weighted by Gasteiger charge is 2.39. The quantitative estimate of drug-likeness (QED) is 0.00772. The Hall–Kier alpha value is -13.1. The summed E-state index contributed by atoms with van der Waals surface area (Å²) in [6.07, 6.45) is -0.413. The SMILES string of the molecule is CC(=O)N[C@@H](CS)C(=O)N[C@@H](CCCNC(=N)N)C(=O)N[C@H](C(=O)N[C@@H](Cc1c[nH]c2ccccc12)C(=O)N[C@@H](CCC(=O)O)C(=O)N[C@@H](CS)C(=O)N[C@@H](Cc1ccc(O)cc1)C(=O)N[C@@H](Cc1c[nH]c2ccccc12)C(=O)N[C@@H](Cc1cnc[nH]1)C(=O)N[C@@H](CCC(=O)O)C(=O)N[C@@H](Cc1ccccc1)C(=O)NCC(N)=O)[C@@H](C)O. The van der Waals surface area contributed by atoms with Crippen LogP contribution in [0.5, 0.6) is 5.75 Å². The van der Waals surface area contributed by atoms with Crippen LogP contribution in [0, 0.1) is 5.41 Å². The van der Waals surface area contributed by atoms with E-state index in [1.165, 1.54) is 43.0 Å². The largest absolute Gasteiger partial charge is 0.508 e. The fourth-order valence-corrected chi connectivity index (χ4v) is 12.8. The number of thiol groups is 2. The molecule has 4 aromatic carbocycles. The number of carbonyl (C=O) groups excluding carboxylic acids is 13. The molecule has 0 aliphatic carbocycles. The normalized spacial score (nSPS) is 14.2. The average molecular weight is 1660 g/mol. The zero-order valence-corrected chi connectivity index (χ0v) is 65.4. The third kappa shape index (κ3) is 29.1. The van der Waals surface area contributed by atoms with Crippen molar-refractivity contribution in [3.63, 3.8) is 0 Å². The Morgan fingerprint density at radius 3 is 1.29 bits per heavy atom. The number of phenols is 1. The summed E-state index contributed by atoms with van der Waals surface area (Å²) in [5.41, 5.74) is 13.9. The number of nitrogens with one attached hydrogen (secondary N) is 17. The summed E-state index contributed by atoms with van der Waals surface area (Å²) in [5, 5.41) is 82.6. The Kier molecular flexibility index (Phi) is 35.2. The lowest BCUT2D eigenvalue weighted by atomic mass is 10.0. The first-order valence-electron chi connectivity index (χ1n) is 37.0. The molecule has 0 bridgehead atoms. The van der Waals surface area contributed by atoms with E-state index in [1.807, 2.05) is 0 Å². The molecule has 0 spiro atoms. The smallest absolute Gasteiger partial charge is 0.303 e. The topological polar surface area (TPSA) is 630 Å². The molecule has 0 saturated heterocycles. The number of aromatic amines is 3. The Morgan fingerprint density at radius 2 is 0.846 bits per heavy atom. The number of nitrogens with zero attached hydrogens (tertiary/aromatic N) is 1.